The Morgan fingerprint density at radius 2 is 1.84 bits per heavy atom. The second-order valence-electron chi connectivity index (χ2n) is 8.17. The fourth-order valence-electron chi connectivity index (χ4n) is 4.37. The second kappa shape index (κ2) is 11.9. The quantitative estimate of drug-likeness (QED) is 0.485. The Balaban J connectivity index is 1.40. The van der Waals surface area contributed by atoms with Gasteiger partial charge in [0.1, 0.15) is 5.82 Å². The largest absolute Gasteiger partial charge is 0.368 e. The number of nitrogens with zero attached hydrogens (tertiary/aromatic N) is 4. The summed E-state index contributed by atoms with van der Waals surface area (Å²) in [7, 11) is 0. The summed E-state index contributed by atoms with van der Waals surface area (Å²) in [6.45, 7) is 11.6. The normalized spacial score (nSPS) is 20.2. The van der Waals surface area contributed by atoms with Gasteiger partial charge in [0.15, 0.2) is 5.96 Å². The van der Waals surface area contributed by atoms with Crippen molar-refractivity contribution in [3.8, 4) is 0 Å². The Morgan fingerprint density at radius 3 is 2.52 bits per heavy atom. The lowest BCUT2D eigenvalue weighted by Gasteiger charge is -2.36. The molecule has 1 amide bonds. The van der Waals surface area contributed by atoms with Gasteiger partial charge in [0, 0.05) is 57.4 Å². The summed E-state index contributed by atoms with van der Waals surface area (Å²) in [5.41, 5.74) is 1.01. The molecule has 0 aliphatic carbocycles. The number of guanidine groups is 1. The van der Waals surface area contributed by atoms with E-state index in [0.29, 0.717) is 32.1 Å². The molecular formula is C23H37FN6O. The van der Waals surface area contributed by atoms with Gasteiger partial charge in [-0.2, -0.15) is 0 Å². The number of rotatable bonds is 8. The van der Waals surface area contributed by atoms with E-state index in [4.69, 9.17) is 4.99 Å². The van der Waals surface area contributed by atoms with E-state index in [-0.39, 0.29) is 11.7 Å². The van der Waals surface area contributed by atoms with Gasteiger partial charge in [-0.25, -0.2) is 4.39 Å². The second-order valence-corrected chi connectivity index (χ2v) is 8.17. The lowest BCUT2D eigenvalue weighted by atomic mass is 10.2. The van der Waals surface area contributed by atoms with Crippen molar-refractivity contribution < 1.29 is 9.18 Å². The van der Waals surface area contributed by atoms with E-state index in [1.165, 1.54) is 31.5 Å². The molecule has 31 heavy (non-hydrogen) atoms. The van der Waals surface area contributed by atoms with Gasteiger partial charge in [-0.3, -0.25) is 14.7 Å². The van der Waals surface area contributed by atoms with E-state index < -0.39 is 0 Å². The minimum Gasteiger partial charge on any atom is -0.368 e. The summed E-state index contributed by atoms with van der Waals surface area (Å²) in [6.07, 6.45) is 2.91. The third-order valence-corrected chi connectivity index (χ3v) is 6.17. The first-order valence-electron chi connectivity index (χ1n) is 11.6. The maximum atomic E-state index is 13.1. The molecule has 2 aliphatic heterocycles. The molecule has 2 N–H and O–H groups in total. The first-order valence-corrected chi connectivity index (χ1v) is 11.6. The molecule has 0 spiro atoms. The van der Waals surface area contributed by atoms with Crippen molar-refractivity contribution >= 4 is 17.6 Å². The van der Waals surface area contributed by atoms with Crippen LogP contribution in [0.1, 0.15) is 33.1 Å². The predicted molar refractivity (Wildman–Crippen MR) is 124 cm³/mol. The molecule has 2 aliphatic rings. The molecule has 2 fully saturated rings. The Hall–Kier alpha value is -2.35. The van der Waals surface area contributed by atoms with Crippen molar-refractivity contribution in [2.45, 2.75) is 39.2 Å². The van der Waals surface area contributed by atoms with Gasteiger partial charge in [0.25, 0.3) is 0 Å². The fourth-order valence-corrected chi connectivity index (χ4v) is 4.37. The van der Waals surface area contributed by atoms with Crippen LogP contribution in [0.3, 0.4) is 0 Å². The number of carbonyl (C=O) groups is 1. The highest BCUT2D eigenvalue weighted by Gasteiger charge is 2.23. The van der Waals surface area contributed by atoms with E-state index in [1.807, 2.05) is 4.90 Å². The molecule has 2 saturated heterocycles. The van der Waals surface area contributed by atoms with Crippen LogP contribution in [-0.2, 0) is 4.79 Å². The van der Waals surface area contributed by atoms with Crippen molar-refractivity contribution in [1.82, 2.24) is 20.4 Å². The molecule has 1 unspecified atom stereocenters. The summed E-state index contributed by atoms with van der Waals surface area (Å²) in [5, 5.41) is 6.60. The number of piperazine rings is 1. The van der Waals surface area contributed by atoms with Crippen LogP contribution in [0.5, 0.6) is 0 Å². The number of aliphatic imine (C=N–C) groups is 1. The zero-order valence-corrected chi connectivity index (χ0v) is 18.9. The fraction of sp³-hybridized carbons (Fsp3) is 0.652. The van der Waals surface area contributed by atoms with Crippen molar-refractivity contribution in [2.24, 2.45) is 4.99 Å². The number of nitrogens with one attached hydrogen (secondary N) is 2. The van der Waals surface area contributed by atoms with Crippen LogP contribution in [0.2, 0.25) is 0 Å². The molecule has 0 saturated carbocycles. The summed E-state index contributed by atoms with van der Waals surface area (Å²) in [6, 6.07) is 7.08. The van der Waals surface area contributed by atoms with Crippen LogP contribution >= 0.6 is 0 Å². The van der Waals surface area contributed by atoms with Crippen LogP contribution in [0.15, 0.2) is 29.3 Å². The molecule has 0 radical (unpaired) electrons. The Labute approximate surface area is 185 Å². The molecule has 1 aromatic carbocycles. The van der Waals surface area contributed by atoms with E-state index in [1.54, 1.807) is 12.1 Å². The minimum absolute atomic E-state index is 0.162. The lowest BCUT2D eigenvalue weighted by molar-refractivity contribution is -0.131. The van der Waals surface area contributed by atoms with Crippen molar-refractivity contribution in [3.05, 3.63) is 30.1 Å². The molecule has 7 nitrogen and oxygen atoms in total. The summed E-state index contributed by atoms with van der Waals surface area (Å²) in [4.78, 5) is 24.0. The maximum Gasteiger partial charge on any atom is 0.224 e. The topological polar surface area (TPSA) is 63.2 Å². The Bertz CT molecular complexity index is 717. The number of benzene rings is 1. The molecule has 1 aromatic rings. The third-order valence-electron chi connectivity index (χ3n) is 6.17. The van der Waals surface area contributed by atoms with Crippen molar-refractivity contribution in [3.63, 3.8) is 0 Å². The average molecular weight is 433 g/mol. The Kier molecular flexibility index (Phi) is 8.94. The highest BCUT2D eigenvalue weighted by molar-refractivity contribution is 5.81. The van der Waals surface area contributed by atoms with Crippen molar-refractivity contribution in [2.75, 3.05) is 63.8 Å². The number of likely N-dealkylation sites (tertiary alicyclic amines) is 1. The molecule has 1 atom stereocenters. The number of amides is 1. The number of hydrogen-bond donors (Lipinski definition) is 2. The molecule has 172 valence electrons. The predicted octanol–water partition coefficient (Wildman–Crippen LogP) is 1.90. The molecule has 2 heterocycles. The minimum atomic E-state index is -0.225. The first-order chi connectivity index (χ1) is 15.1. The zero-order valence-electron chi connectivity index (χ0n) is 18.9. The van der Waals surface area contributed by atoms with Gasteiger partial charge < -0.3 is 20.4 Å². The number of halogens is 1. The van der Waals surface area contributed by atoms with E-state index in [9.17, 15) is 9.18 Å². The average Bonchev–Trinajstić information content (AvgIpc) is 3.25. The maximum absolute atomic E-state index is 13.1. The molecule has 0 aromatic heterocycles. The molecule has 3 rings (SSSR count). The smallest absolute Gasteiger partial charge is 0.224 e. The van der Waals surface area contributed by atoms with Gasteiger partial charge in [-0.1, -0.05) is 6.92 Å². The van der Waals surface area contributed by atoms with Gasteiger partial charge in [0.2, 0.25) is 5.91 Å². The Morgan fingerprint density at radius 1 is 1.10 bits per heavy atom. The number of anilines is 1. The van der Waals surface area contributed by atoms with Crippen LogP contribution in [0.4, 0.5) is 10.1 Å². The van der Waals surface area contributed by atoms with Crippen LogP contribution in [0, 0.1) is 5.82 Å². The number of likely N-dealkylation sites (N-methyl/N-ethyl adjacent to an activating group) is 1. The highest BCUT2D eigenvalue weighted by atomic mass is 19.1. The van der Waals surface area contributed by atoms with Crippen molar-refractivity contribution in [1.29, 1.82) is 0 Å². The molecule has 8 heteroatoms. The van der Waals surface area contributed by atoms with Crippen LogP contribution in [-0.4, -0.2) is 86.6 Å². The van der Waals surface area contributed by atoms with E-state index in [0.717, 1.165) is 44.4 Å². The molecule has 0 bridgehead atoms. The van der Waals surface area contributed by atoms with Crippen LogP contribution < -0.4 is 15.5 Å². The monoisotopic (exact) mass is 432 g/mol. The number of carbonyl (C=O) groups excluding carboxylic acids is 1. The van der Waals surface area contributed by atoms with E-state index >= 15 is 0 Å². The van der Waals surface area contributed by atoms with Gasteiger partial charge in [-0.05, 0) is 57.1 Å². The highest BCUT2D eigenvalue weighted by Crippen LogP contribution is 2.18. The molecular weight excluding hydrogens is 395 g/mol. The van der Waals surface area contributed by atoms with Gasteiger partial charge >= 0.3 is 0 Å². The zero-order chi connectivity index (χ0) is 22.1. The number of hydrogen-bond acceptors (Lipinski definition) is 4. The SMILES string of the molecule is CCNC(=NCC1CCCN1CC)NCCC(=O)N1CCN(c2ccc(F)cc2)CC1. The van der Waals surface area contributed by atoms with E-state index in [2.05, 4.69) is 34.3 Å². The van der Waals surface area contributed by atoms with Gasteiger partial charge in [-0.15, -0.1) is 0 Å². The summed E-state index contributed by atoms with van der Waals surface area (Å²) in [5.74, 6) is 0.728. The lowest BCUT2D eigenvalue weighted by Crippen LogP contribution is -2.49. The van der Waals surface area contributed by atoms with Gasteiger partial charge in [0.05, 0.1) is 6.54 Å². The standard InChI is InChI=1S/C23H37FN6O/c1-3-25-23(27-18-21-6-5-13-28(21)4-2)26-12-11-22(31)30-16-14-29(15-17-30)20-9-7-19(24)8-10-20/h7-10,21H,3-6,11-18H2,1-2H3,(H2,25,26,27). The summed E-state index contributed by atoms with van der Waals surface area (Å²) < 4.78 is 13.1. The summed E-state index contributed by atoms with van der Waals surface area (Å²) >= 11 is 0. The van der Waals surface area contributed by atoms with Crippen LogP contribution in [0.25, 0.3) is 0 Å². The first kappa shape index (κ1) is 23.3. The third kappa shape index (κ3) is 6.82.